The van der Waals surface area contributed by atoms with Crippen molar-refractivity contribution in [2.24, 2.45) is 5.41 Å². The fraction of sp³-hybridized carbons (Fsp3) is 0.900. The van der Waals surface area contributed by atoms with Gasteiger partial charge < -0.3 is 4.79 Å². The largest absolute Gasteiger partial charge is 0.303 e. The van der Waals surface area contributed by atoms with Crippen LogP contribution in [0.5, 0.6) is 0 Å². The van der Waals surface area contributed by atoms with E-state index >= 15 is 0 Å². The fourth-order valence-electron chi connectivity index (χ4n) is 1.40. The van der Waals surface area contributed by atoms with E-state index in [1.807, 2.05) is 0 Å². The van der Waals surface area contributed by atoms with Crippen molar-refractivity contribution in [3.63, 3.8) is 0 Å². The van der Waals surface area contributed by atoms with E-state index in [1.165, 1.54) is 0 Å². The summed E-state index contributed by atoms with van der Waals surface area (Å²) in [6.07, 6.45) is 6.13. The highest BCUT2D eigenvalue weighted by atomic mass is 35.5. The van der Waals surface area contributed by atoms with Crippen molar-refractivity contribution < 1.29 is 4.79 Å². The second kappa shape index (κ2) is 6.47. The van der Waals surface area contributed by atoms with Crippen LogP contribution in [0.1, 0.15) is 46.0 Å². The minimum absolute atomic E-state index is 0.0634. The summed E-state index contributed by atoms with van der Waals surface area (Å²) in [5.74, 6) is 0.711. The lowest BCUT2D eigenvalue weighted by molar-refractivity contribution is -0.117. The molecule has 0 aromatic heterocycles. The molecule has 0 aliphatic rings. The molecule has 0 aromatic carbocycles. The molecule has 0 spiro atoms. The highest BCUT2D eigenvalue weighted by Crippen LogP contribution is 2.29. The van der Waals surface area contributed by atoms with Gasteiger partial charge in [0.1, 0.15) is 6.29 Å². The van der Waals surface area contributed by atoms with E-state index in [-0.39, 0.29) is 5.41 Å². The first-order valence-electron chi connectivity index (χ1n) is 4.77. The van der Waals surface area contributed by atoms with Crippen LogP contribution >= 0.6 is 11.6 Å². The number of hydrogen-bond donors (Lipinski definition) is 0. The Morgan fingerprint density at radius 2 is 1.83 bits per heavy atom. The molecule has 1 nitrogen and oxygen atoms in total. The van der Waals surface area contributed by atoms with Crippen molar-refractivity contribution in [1.82, 2.24) is 0 Å². The van der Waals surface area contributed by atoms with Gasteiger partial charge in [0.05, 0.1) is 0 Å². The molecule has 0 N–H and O–H groups in total. The van der Waals surface area contributed by atoms with Gasteiger partial charge in [-0.2, -0.15) is 0 Å². The molecule has 0 fully saturated rings. The molecule has 0 aromatic rings. The van der Waals surface area contributed by atoms with E-state index in [1.54, 1.807) is 0 Å². The molecule has 0 bridgehead atoms. The van der Waals surface area contributed by atoms with Gasteiger partial charge in [0, 0.05) is 11.3 Å². The SMILES string of the molecule is CCC(C=O)(CC)CCCCCl. The lowest BCUT2D eigenvalue weighted by Gasteiger charge is -2.24. The first-order chi connectivity index (χ1) is 5.74. The van der Waals surface area contributed by atoms with Crippen LogP contribution in [0.4, 0.5) is 0 Å². The number of carbonyl (C=O) groups excluding carboxylic acids is 1. The molecular weight excluding hydrogens is 172 g/mol. The quantitative estimate of drug-likeness (QED) is 0.342. The van der Waals surface area contributed by atoms with Crippen molar-refractivity contribution in [2.75, 3.05) is 5.88 Å². The molecular formula is C10H19ClO. The maximum Gasteiger partial charge on any atom is 0.126 e. The Hall–Kier alpha value is -0.0400. The van der Waals surface area contributed by atoms with Gasteiger partial charge >= 0.3 is 0 Å². The first kappa shape index (κ1) is 12.0. The maximum atomic E-state index is 10.9. The Kier molecular flexibility index (Phi) is 6.45. The highest BCUT2D eigenvalue weighted by Gasteiger charge is 2.24. The Labute approximate surface area is 80.5 Å². The summed E-state index contributed by atoms with van der Waals surface area (Å²) in [6.45, 7) is 4.16. The molecule has 0 amide bonds. The van der Waals surface area contributed by atoms with Crippen LogP contribution in [-0.4, -0.2) is 12.2 Å². The van der Waals surface area contributed by atoms with Crippen molar-refractivity contribution in [2.45, 2.75) is 46.0 Å². The predicted octanol–water partition coefficient (Wildman–Crippen LogP) is 3.40. The summed E-state index contributed by atoms with van der Waals surface area (Å²) in [4.78, 5) is 10.9. The molecule has 0 unspecified atom stereocenters. The molecule has 0 aliphatic heterocycles. The van der Waals surface area contributed by atoms with E-state index in [0.29, 0.717) is 5.88 Å². The van der Waals surface area contributed by atoms with Crippen molar-refractivity contribution >= 4 is 17.9 Å². The predicted molar refractivity (Wildman–Crippen MR) is 53.7 cm³/mol. The van der Waals surface area contributed by atoms with Gasteiger partial charge in [-0.25, -0.2) is 0 Å². The molecule has 0 radical (unpaired) electrons. The number of unbranched alkanes of at least 4 members (excludes halogenated alkanes) is 1. The van der Waals surface area contributed by atoms with Crippen LogP contribution in [0.15, 0.2) is 0 Å². The van der Waals surface area contributed by atoms with Crippen molar-refractivity contribution in [3.8, 4) is 0 Å². The maximum absolute atomic E-state index is 10.9. The van der Waals surface area contributed by atoms with Crippen molar-refractivity contribution in [1.29, 1.82) is 0 Å². The summed E-state index contributed by atoms with van der Waals surface area (Å²) in [7, 11) is 0. The number of carbonyl (C=O) groups is 1. The van der Waals surface area contributed by atoms with Crippen LogP contribution < -0.4 is 0 Å². The lowest BCUT2D eigenvalue weighted by Crippen LogP contribution is -2.20. The van der Waals surface area contributed by atoms with Crippen LogP contribution in [0.3, 0.4) is 0 Å². The topological polar surface area (TPSA) is 17.1 Å². The molecule has 0 aliphatic carbocycles. The molecule has 0 heterocycles. The van der Waals surface area contributed by atoms with E-state index in [4.69, 9.17) is 11.6 Å². The zero-order valence-electron chi connectivity index (χ0n) is 8.11. The Morgan fingerprint density at radius 3 is 2.17 bits per heavy atom. The normalized spacial score (nSPS) is 11.6. The molecule has 0 atom stereocenters. The standard InChI is InChI=1S/C10H19ClO/c1-3-10(4-2,9-12)7-5-6-8-11/h9H,3-8H2,1-2H3. The van der Waals surface area contributed by atoms with E-state index in [2.05, 4.69) is 13.8 Å². The number of aldehydes is 1. The summed E-state index contributed by atoms with van der Waals surface area (Å²) in [6, 6.07) is 0. The van der Waals surface area contributed by atoms with Gasteiger partial charge in [-0.05, 0) is 25.7 Å². The second-order valence-corrected chi connectivity index (χ2v) is 3.71. The average Bonchev–Trinajstić information content (AvgIpc) is 2.14. The smallest absolute Gasteiger partial charge is 0.126 e. The summed E-state index contributed by atoms with van der Waals surface area (Å²) in [5, 5.41) is 0. The third-order valence-electron chi connectivity index (χ3n) is 2.72. The molecule has 2 heteroatoms. The fourth-order valence-corrected chi connectivity index (χ4v) is 1.59. The van der Waals surface area contributed by atoms with Gasteiger partial charge in [-0.15, -0.1) is 11.6 Å². The zero-order valence-corrected chi connectivity index (χ0v) is 8.86. The monoisotopic (exact) mass is 190 g/mol. The van der Waals surface area contributed by atoms with Gasteiger partial charge in [0.15, 0.2) is 0 Å². The number of rotatable bonds is 7. The van der Waals surface area contributed by atoms with E-state index in [9.17, 15) is 4.79 Å². The van der Waals surface area contributed by atoms with Crippen LogP contribution in [0.25, 0.3) is 0 Å². The minimum atomic E-state index is -0.0634. The Bertz CT molecular complexity index is 119. The average molecular weight is 191 g/mol. The summed E-state index contributed by atoms with van der Waals surface area (Å²) >= 11 is 5.57. The van der Waals surface area contributed by atoms with Crippen LogP contribution in [0, 0.1) is 5.41 Å². The summed E-state index contributed by atoms with van der Waals surface area (Å²) in [5.41, 5.74) is -0.0634. The van der Waals surface area contributed by atoms with E-state index in [0.717, 1.165) is 38.4 Å². The van der Waals surface area contributed by atoms with Gasteiger partial charge in [-0.1, -0.05) is 20.3 Å². The summed E-state index contributed by atoms with van der Waals surface area (Å²) < 4.78 is 0. The highest BCUT2D eigenvalue weighted by molar-refractivity contribution is 6.17. The first-order valence-corrected chi connectivity index (χ1v) is 5.30. The lowest BCUT2D eigenvalue weighted by atomic mass is 9.79. The van der Waals surface area contributed by atoms with Crippen LogP contribution in [-0.2, 0) is 4.79 Å². The molecule has 0 saturated carbocycles. The van der Waals surface area contributed by atoms with Crippen LogP contribution in [0.2, 0.25) is 0 Å². The molecule has 12 heavy (non-hydrogen) atoms. The Balaban J connectivity index is 3.84. The third-order valence-corrected chi connectivity index (χ3v) is 2.98. The number of halogens is 1. The molecule has 0 saturated heterocycles. The number of alkyl halides is 1. The van der Waals surface area contributed by atoms with E-state index < -0.39 is 0 Å². The molecule has 72 valence electrons. The van der Waals surface area contributed by atoms with Crippen molar-refractivity contribution in [3.05, 3.63) is 0 Å². The second-order valence-electron chi connectivity index (χ2n) is 3.33. The third kappa shape index (κ3) is 3.57. The zero-order chi connectivity index (χ0) is 9.45. The van der Waals surface area contributed by atoms with Gasteiger partial charge in [0.25, 0.3) is 0 Å². The Morgan fingerprint density at radius 1 is 1.25 bits per heavy atom. The number of hydrogen-bond acceptors (Lipinski definition) is 1. The molecule has 0 rings (SSSR count). The minimum Gasteiger partial charge on any atom is -0.303 e. The van der Waals surface area contributed by atoms with Gasteiger partial charge in [-0.3, -0.25) is 0 Å². The van der Waals surface area contributed by atoms with Gasteiger partial charge in [0.2, 0.25) is 0 Å².